The van der Waals surface area contributed by atoms with E-state index in [1.807, 2.05) is 0 Å². The number of hydrogen-bond acceptors (Lipinski definition) is 4. The quantitative estimate of drug-likeness (QED) is 0.568. The zero-order valence-electron chi connectivity index (χ0n) is 16.3. The molecule has 168 valence electrons. The lowest BCUT2D eigenvalue weighted by Crippen LogP contribution is -2.31. The monoisotopic (exact) mass is 447 g/mol. The molecule has 1 saturated heterocycles. The first-order valence-electron chi connectivity index (χ1n) is 9.58. The van der Waals surface area contributed by atoms with Crippen LogP contribution in [0.15, 0.2) is 24.3 Å². The molecule has 31 heavy (non-hydrogen) atoms. The molecule has 2 N–H and O–H groups in total. The maximum absolute atomic E-state index is 13.6. The van der Waals surface area contributed by atoms with E-state index >= 15 is 0 Å². The van der Waals surface area contributed by atoms with Crippen molar-refractivity contribution in [3.63, 3.8) is 0 Å². The first-order valence-corrected chi connectivity index (χ1v) is 9.58. The molecular weight excluding hydrogens is 428 g/mol. The third kappa shape index (κ3) is 3.80. The Kier molecular flexibility index (Phi) is 5.29. The van der Waals surface area contributed by atoms with Gasteiger partial charge in [-0.2, -0.15) is 26.3 Å². The van der Waals surface area contributed by atoms with Crippen molar-refractivity contribution in [1.82, 2.24) is 14.9 Å². The summed E-state index contributed by atoms with van der Waals surface area (Å²) in [4.78, 5) is 3.67. The third-order valence-corrected chi connectivity index (χ3v) is 5.54. The summed E-state index contributed by atoms with van der Waals surface area (Å²) in [5, 5.41) is 13.6. The van der Waals surface area contributed by atoms with Gasteiger partial charge in [0.1, 0.15) is 11.4 Å². The SMILES string of the molecule is COc1cc2c(cc1C(F)(F)F)c1nc(C(F)(F)F)ccc1n2[C@H]1CCCNC[C@@H]1O. The Morgan fingerprint density at radius 1 is 1.10 bits per heavy atom. The molecule has 4 rings (SSSR count). The molecule has 1 aromatic carbocycles. The van der Waals surface area contributed by atoms with E-state index in [0.29, 0.717) is 19.4 Å². The minimum absolute atomic E-state index is 0.0846. The number of aromatic nitrogens is 2. The van der Waals surface area contributed by atoms with Crippen molar-refractivity contribution >= 4 is 21.9 Å². The van der Waals surface area contributed by atoms with E-state index in [-0.39, 0.29) is 28.5 Å². The molecule has 1 aliphatic rings. The normalized spacial score (nSPS) is 20.9. The third-order valence-electron chi connectivity index (χ3n) is 5.54. The lowest BCUT2D eigenvalue weighted by atomic mass is 10.1. The number of alkyl halides is 6. The number of nitrogens with zero attached hydrogens (tertiary/aromatic N) is 2. The molecular formula is C20H19F6N3O2. The summed E-state index contributed by atoms with van der Waals surface area (Å²) in [6.45, 7) is 0.889. The highest BCUT2D eigenvalue weighted by molar-refractivity contribution is 6.06. The fourth-order valence-electron chi connectivity index (χ4n) is 4.15. The van der Waals surface area contributed by atoms with Crippen LogP contribution >= 0.6 is 0 Å². The van der Waals surface area contributed by atoms with Crippen LogP contribution in [0.25, 0.3) is 21.9 Å². The second-order valence-corrected chi connectivity index (χ2v) is 7.48. The molecule has 2 atom stereocenters. The van der Waals surface area contributed by atoms with Gasteiger partial charge in [-0.05, 0) is 37.6 Å². The smallest absolute Gasteiger partial charge is 0.433 e. The predicted molar refractivity (Wildman–Crippen MR) is 101 cm³/mol. The van der Waals surface area contributed by atoms with E-state index < -0.39 is 41.5 Å². The maximum Gasteiger partial charge on any atom is 0.433 e. The average molecular weight is 447 g/mol. The summed E-state index contributed by atoms with van der Waals surface area (Å²) in [5.74, 6) is -0.457. The molecule has 1 aliphatic heterocycles. The summed E-state index contributed by atoms with van der Waals surface area (Å²) in [5.41, 5.74) is -2.08. The van der Waals surface area contributed by atoms with Crippen LogP contribution in [0.1, 0.15) is 30.1 Å². The number of pyridine rings is 1. The minimum atomic E-state index is -4.78. The molecule has 0 aliphatic carbocycles. The molecule has 0 spiro atoms. The molecule has 2 aromatic heterocycles. The number of aliphatic hydroxyl groups excluding tert-OH is 1. The van der Waals surface area contributed by atoms with Gasteiger partial charge in [0, 0.05) is 18.0 Å². The van der Waals surface area contributed by atoms with E-state index in [4.69, 9.17) is 4.74 Å². The largest absolute Gasteiger partial charge is 0.496 e. The van der Waals surface area contributed by atoms with Crippen LogP contribution in [0.2, 0.25) is 0 Å². The summed E-state index contributed by atoms with van der Waals surface area (Å²) in [6, 6.07) is 3.34. The van der Waals surface area contributed by atoms with Gasteiger partial charge in [0.2, 0.25) is 0 Å². The number of methoxy groups -OCH3 is 1. The van der Waals surface area contributed by atoms with Gasteiger partial charge in [-0.15, -0.1) is 0 Å². The first kappa shape index (κ1) is 21.7. The molecule has 0 saturated carbocycles. The van der Waals surface area contributed by atoms with E-state index in [1.54, 1.807) is 4.57 Å². The Labute approximate surface area is 172 Å². The van der Waals surface area contributed by atoms with Crippen molar-refractivity contribution < 1.29 is 36.2 Å². The van der Waals surface area contributed by atoms with Gasteiger partial charge in [-0.25, -0.2) is 4.98 Å². The molecule has 1 fully saturated rings. The van der Waals surface area contributed by atoms with Crippen molar-refractivity contribution in [3.05, 3.63) is 35.5 Å². The zero-order valence-corrected chi connectivity index (χ0v) is 16.3. The molecule has 11 heteroatoms. The zero-order chi connectivity index (χ0) is 22.6. The Morgan fingerprint density at radius 2 is 1.84 bits per heavy atom. The Hall–Kier alpha value is -2.53. The summed E-state index contributed by atoms with van der Waals surface area (Å²) >= 11 is 0. The standard InChI is InChI=1S/C20H19F6N3O2/c1-31-16-8-14-10(7-11(16)19(21,22)23)18-13(4-5-17(28-18)20(24,25)26)29(14)12-3-2-6-27-9-15(12)30/h4-5,7-8,12,15,27,30H,2-3,6,9H2,1H3/t12-,15-/m0/s1. The van der Waals surface area contributed by atoms with E-state index in [2.05, 4.69) is 10.3 Å². The number of ether oxygens (including phenoxy) is 1. The highest BCUT2D eigenvalue weighted by Gasteiger charge is 2.37. The van der Waals surface area contributed by atoms with Gasteiger partial charge in [-0.1, -0.05) is 0 Å². The number of fused-ring (bicyclic) bond motifs is 3. The Bertz CT molecular complexity index is 1120. The van der Waals surface area contributed by atoms with Crippen LogP contribution in [0.3, 0.4) is 0 Å². The van der Waals surface area contributed by atoms with E-state index in [9.17, 15) is 31.4 Å². The summed E-state index contributed by atoms with van der Waals surface area (Å²) in [6.07, 6.45) is -9.27. The lowest BCUT2D eigenvalue weighted by molar-refractivity contribution is -0.141. The molecule has 3 aromatic rings. The number of rotatable bonds is 2. The number of hydrogen-bond donors (Lipinski definition) is 2. The summed E-state index contributed by atoms with van der Waals surface area (Å²) < 4.78 is 87.0. The number of β-amino-alcohol motifs (C(OH)–C–C–N with tert-alkyl or cyclic N) is 1. The van der Waals surface area contributed by atoms with Crippen LogP contribution < -0.4 is 10.1 Å². The molecule has 5 nitrogen and oxygen atoms in total. The predicted octanol–water partition coefficient (Wildman–Crippen LogP) is 4.52. The second kappa shape index (κ2) is 7.56. The second-order valence-electron chi connectivity index (χ2n) is 7.48. The first-order chi connectivity index (χ1) is 14.5. The van der Waals surface area contributed by atoms with Crippen molar-refractivity contribution in [2.24, 2.45) is 0 Å². The molecule has 0 amide bonds. The highest BCUT2D eigenvalue weighted by Crippen LogP contribution is 2.43. The molecule has 0 radical (unpaired) electrons. The van der Waals surface area contributed by atoms with Gasteiger partial charge in [0.15, 0.2) is 0 Å². The summed E-state index contributed by atoms with van der Waals surface area (Å²) in [7, 11) is 1.09. The van der Waals surface area contributed by atoms with Crippen molar-refractivity contribution in [3.8, 4) is 5.75 Å². The average Bonchev–Trinajstić information content (AvgIpc) is 2.85. The molecule has 0 unspecified atom stereocenters. The van der Waals surface area contributed by atoms with Gasteiger partial charge >= 0.3 is 12.4 Å². The number of nitrogens with one attached hydrogen (secondary N) is 1. The van der Waals surface area contributed by atoms with E-state index in [0.717, 1.165) is 25.3 Å². The number of halogens is 6. The van der Waals surface area contributed by atoms with Crippen LogP contribution in [0, 0.1) is 0 Å². The maximum atomic E-state index is 13.6. The van der Waals surface area contributed by atoms with Crippen LogP contribution in [0.4, 0.5) is 26.3 Å². The van der Waals surface area contributed by atoms with E-state index in [1.165, 1.54) is 6.07 Å². The van der Waals surface area contributed by atoms with Crippen molar-refractivity contribution in [1.29, 1.82) is 0 Å². The highest BCUT2D eigenvalue weighted by atomic mass is 19.4. The molecule has 0 bridgehead atoms. The van der Waals surface area contributed by atoms with Crippen LogP contribution in [-0.2, 0) is 12.4 Å². The fraction of sp³-hybridized carbons (Fsp3) is 0.450. The Morgan fingerprint density at radius 3 is 2.48 bits per heavy atom. The fourth-order valence-corrected chi connectivity index (χ4v) is 4.15. The minimum Gasteiger partial charge on any atom is -0.496 e. The van der Waals surface area contributed by atoms with Crippen LogP contribution in [0.5, 0.6) is 5.75 Å². The molecule has 3 heterocycles. The van der Waals surface area contributed by atoms with Crippen LogP contribution in [-0.4, -0.2) is 41.0 Å². The number of benzene rings is 1. The topological polar surface area (TPSA) is 59.3 Å². The van der Waals surface area contributed by atoms with Gasteiger partial charge in [-0.3, -0.25) is 0 Å². The van der Waals surface area contributed by atoms with Gasteiger partial charge < -0.3 is 19.7 Å². The Balaban J connectivity index is 2.09. The van der Waals surface area contributed by atoms with Crippen molar-refractivity contribution in [2.45, 2.75) is 37.3 Å². The van der Waals surface area contributed by atoms with Gasteiger partial charge in [0.25, 0.3) is 0 Å². The van der Waals surface area contributed by atoms with Gasteiger partial charge in [0.05, 0.1) is 41.4 Å². The lowest BCUT2D eigenvalue weighted by Gasteiger charge is -2.24. The van der Waals surface area contributed by atoms with Crippen molar-refractivity contribution in [2.75, 3.05) is 20.2 Å². The number of aliphatic hydroxyl groups is 1.